The molecule has 2 amide bonds. The summed E-state index contributed by atoms with van der Waals surface area (Å²) in [6, 6.07) is 6.57. The summed E-state index contributed by atoms with van der Waals surface area (Å²) in [6.45, 7) is 1.18. The van der Waals surface area contributed by atoms with E-state index in [1.165, 1.54) is 0 Å². The number of carboxylic acid groups (broad SMARTS) is 1. The Morgan fingerprint density at radius 1 is 1.26 bits per heavy atom. The summed E-state index contributed by atoms with van der Waals surface area (Å²) in [5, 5.41) is 11.5. The van der Waals surface area contributed by atoms with Crippen LogP contribution >= 0.6 is 0 Å². The van der Waals surface area contributed by atoms with Crippen molar-refractivity contribution in [3.8, 4) is 0 Å². The van der Waals surface area contributed by atoms with Gasteiger partial charge in [-0.1, -0.05) is 12.1 Å². The molecule has 1 aromatic rings. The number of nitrogens with zero attached hydrogens (tertiary/aromatic N) is 1. The number of rotatable bonds is 5. The van der Waals surface area contributed by atoms with Crippen molar-refractivity contribution in [2.75, 3.05) is 20.1 Å². The summed E-state index contributed by atoms with van der Waals surface area (Å²) in [4.78, 5) is 36.6. The first-order valence-corrected chi connectivity index (χ1v) is 7.83. The normalized spacial score (nSPS) is 17.6. The van der Waals surface area contributed by atoms with Crippen molar-refractivity contribution in [1.29, 1.82) is 0 Å². The van der Waals surface area contributed by atoms with Crippen LogP contribution < -0.4 is 5.32 Å². The van der Waals surface area contributed by atoms with Gasteiger partial charge in [0, 0.05) is 26.6 Å². The fourth-order valence-electron chi connectivity index (χ4n) is 2.85. The van der Waals surface area contributed by atoms with Gasteiger partial charge in [-0.3, -0.25) is 9.59 Å². The molecule has 1 saturated heterocycles. The van der Waals surface area contributed by atoms with Gasteiger partial charge in [0.1, 0.15) is 0 Å². The fraction of sp³-hybridized carbons (Fsp3) is 0.471. The molecule has 1 aromatic carbocycles. The third kappa shape index (κ3) is 4.55. The second kappa shape index (κ2) is 7.76. The van der Waals surface area contributed by atoms with Crippen LogP contribution in [0.3, 0.4) is 0 Å². The molecular formula is C17H22N2O4. The molecule has 0 saturated carbocycles. The van der Waals surface area contributed by atoms with Gasteiger partial charge in [-0.25, -0.2) is 4.79 Å². The Kier molecular flexibility index (Phi) is 5.73. The first-order chi connectivity index (χ1) is 11.0. The number of amides is 2. The van der Waals surface area contributed by atoms with Crippen LogP contribution in [0.5, 0.6) is 0 Å². The molecule has 2 rings (SSSR count). The number of aromatic carboxylic acids is 1. The van der Waals surface area contributed by atoms with Crippen molar-refractivity contribution in [2.24, 2.45) is 5.92 Å². The second-order valence-corrected chi connectivity index (χ2v) is 5.80. The third-order valence-electron chi connectivity index (χ3n) is 4.22. The lowest BCUT2D eigenvalue weighted by Crippen LogP contribution is -2.44. The zero-order valence-corrected chi connectivity index (χ0v) is 13.2. The number of hydrogen-bond acceptors (Lipinski definition) is 3. The number of aryl methyl sites for hydroxylation is 1. The summed E-state index contributed by atoms with van der Waals surface area (Å²) in [5.41, 5.74) is 1.17. The zero-order valence-electron chi connectivity index (χ0n) is 13.2. The van der Waals surface area contributed by atoms with Gasteiger partial charge in [0.25, 0.3) is 0 Å². The van der Waals surface area contributed by atoms with E-state index >= 15 is 0 Å². The number of hydrogen-bond donors (Lipinski definition) is 2. The summed E-state index contributed by atoms with van der Waals surface area (Å²) in [7, 11) is 1.61. The molecular weight excluding hydrogens is 296 g/mol. The number of piperidine rings is 1. The highest BCUT2D eigenvalue weighted by molar-refractivity contribution is 5.87. The Balaban J connectivity index is 1.86. The molecule has 1 aliphatic heterocycles. The molecule has 124 valence electrons. The van der Waals surface area contributed by atoms with Crippen molar-refractivity contribution in [3.05, 3.63) is 35.4 Å². The molecule has 1 heterocycles. The Morgan fingerprint density at radius 3 is 2.57 bits per heavy atom. The fourth-order valence-corrected chi connectivity index (χ4v) is 2.85. The number of carbonyl (C=O) groups is 3. The van der Waals surface area contributed by atoms with Crippen molar-refractivity contribution in [3.63, 3.8) is 0 Å². The lowest BCUT2D eigenvalue weighted by Gasteiger charge is -2.32. The van der Waals surface area contributed by atoms with Crippen LogP contribution in [0.2, 0.25) is 0 Å². The van der Waals surface area contributed by atoms with E-state index in [0.29, 0.717) is 25.9 Å². The number of carbonyl (C=O) groups excluding carboxylic acids is 2. The van der Waals surface area contributed by atoms with Crippen molar-refractivity contribution in [2.45, 2.75) is 25.7 Å². The maximum Gasteiger partial charge on any atom is 0.335 e. The minimum absolute atomic E-state index is 0.00763. The molecule has 0 aliphatic carbocycles. The molecule has 1 aliphatic rings. The lowest BCUT2D eigenvalue weighted by molar-refractivity contribution is -0.135. The maximum atomic E-state index is 12.3. The molecule has 0 aromatic heterocycles. The first-order valence-electron chi connectivity index (χ1n) is 7.83. The van der Waals surface area contributed by atoms with Crippen LogP contribution in [0.1, 0.15) is 35.2 Å². The summed E-state index contributed by atoms with van der Waals surface area (Å²) in [5.74, 6) is -1.04. The van der Waals surface area contributed by atoms with Crippen LogP contribution in [-0.2, 0) is 16.0 Å². The van der Waals surface area contributed by atoms with E-state index in [2.05, 4.69) is 5.32 Å². The highest BCUT2D eigenvalue weighted by Gasteiger charge is 2.27. The molecule has 6 nitrogen and oxygen atoms in total. The average Bonchev–Trinajstić information content (AvgIpc) is 2.59. The quantitative estimate of drug-likeness (QED) is 0.857. The van der Waals surface area contributed by atoms with E-state index < -0.39 is 5.97 Å². The second-order valence-electron chi connectivity index (χ2n) is 5.80. The Bertz CT molecular complexity index is 583. The third-order valence-corrected chi connectivity index (χ3v) is 4.22. The predicted octanol–water partition coefficient (Wildman–Crippen LogP) is 1.30. The molecule has 1 atom stereocenters. The van der Waals surface area contributed by atoms with Gasteiger partial charge in [-0.2, -0.15) is 0 Å². The van der Waals surface area contributed by atoms with E-state index in [1.54, 1.807) is 36.2 Å². The van der Waals surface area contributed by atoms with E-state index in [1.807, 2.05) is 0 Å². The van der Waals surface area contributed by atoms with Gasteiger partial charge in [0.05, 0.1) is 11.5 Å². The van der Waals surface area contributed by atoms with E-state index in [0.717, 1.165) is 18.4 Å². The minimum atomic E-state index is -0.957. The highest BCUT2D eigenvalue weighted by Crippen LogP contribution is 2.18. The largest absolute Gasteiger partial charge is 0.478 e. The van der Waals surface area contributed by atoms with Crippen molar-refractivity contribution in [1.82, 2.24) is 10.2 Å². The molecule has 1 fully saturated rings. The van der Waals surface area contributed by atoms with Gasteiger partial charge in [0.2, 0.25) is 11.8 Å². The SMILES string of the molecule is CNC(=O)C1CCCN(C(=O)CCc2ccc(C(=O)O)cc2)C1. The average molecular weight is 318 g/mol. The van der Waals surface area contributed by atoms with Crippen LogP contribution in [0.4, 0.5) is 0 Å². The van der Waals surface area contributed by atoms with Crippen molar-refractivity contribution >= 4 is 17.8 Å². The highest BCUT2D eigenvalue weighted by atomic mass is 16.4. The number of benzene rings is 1. The number of likely N-dealkylation sites (tertiary alicyclic amines) is 1. The van der Waals surface area contributed by atoms with E-state index in [9.17, 15) is 14.4 Å². The van der Waals surface area contributed by atoms with Gasteiger partial charge < -0.3 is 15.3 Å². The number of carboxylic acids is 1. The summed E-state index contributed by atoms with van der Waals surface area (Å²) >= 11 is 0. The molecule has 2 N–H and O–H groups in total. The molecule has 1 unspecified atom stereocenters. The lowest BCUT2D eigenvalue weighted by atomic mass is 9.96. The Hall–Kier alpha value is -2.37. The predicted molar refractivity (Wildman–Crippen MR) is 85.1 cm³/mol. The monoisotopic (exact) mass is 318 g/mol. The van der Waals surface area contributed by atoms with Gasteiger partial charge in [0.15, 0.2) is 0 Å². The summed E-state index contributed by atoms with van der Waals surface area (Å²) < 4.78 is 0. The molecule has 0 spiro atoms. The number of nitrogens with one attached hydrogen (secondary N) is 1. The van der Waals surface area contributed by atoms with Crippen molar-refractivity contribution < 1.29 is 19.5 Å². The molecule has 6 heteroatoms. The minimum Gasteiger partial charge on any atom is -0.478 e. The summed E-state index contributed by atoms with van der Waals surface area (Å²) in [6.07, 6.45) is 2.60. The van der Waals surface area contributed by atoms with E-state index in [4.69, 9.17) is 5.11 Å². The van der Waals surface area contributed by atoms with Gasteiger partial charge in [-0.15, -0.1) is 0 Å². The van der Waals surface area contributed by atoms with Gasteiger partial charge >= 0.3 is 5.97 Å². The molecule has 23 heavy (non-hydrogen) atoms. The van der Waals surface area contributed by atoms with Crippen LogP contribution in [-0.4, -0.2) is 47.9 Å². The Labute approximate surface area is 135 Å². The van der Waals surface area contributed by atoms with Crippen LogP contribution in [0.15, 0.2) is 24.3 Å². The van der Waals surface area contributed by atoms with Gasteiger partial charge in [-0.05, 0) is 37.0 Å². The van der Waals surface area contributed by atoms with Crippen LogP contribution in [0, 0.1) is 5.92 Å². The van der Waals surface area contributed by atoms with E-state index in [-0.39, 0.29) is 23.3 Å². The standard InChI is InChI=1S/C17H22N2O4/c1-18-16(21)14-3-2-10-19(11-14)15(20)9-6-12-4-7-13(8-5-12)17(22)23/h4-5,7-8,14H,2-3,6,9-11H2,1H3,(H,18,21)(H,22,23). The molecule has 0 bridgehead atoms. The maximum absolute atomic E-state index is 12.3. The molecule has 0 radical (unpaired) electrons. The zero-order chi connectivity index (χ0) is 16.8. The smallest absolute Gasteiger partial charge is 0.335 e. The topological polar surface area (TPSA) is 86.7 Å². The Morgan fingerprint density at radius 2 is 1.96 bits per heavy atom. The first kappa shape index (κ1) is 17.0. The van der Waals surface area contributed by atoms with Crippen LogP contribution in [0.25, 0.3) is 0 Å².